The summed E-state index contributed by atoms with van der Waals surface area (Å²) in [5.74, 6) is 0.248. The zero-order chi connectivity index (χ0) is 30.1. The Morgan fingerprint density at radius 1 is 1.10 bits per heavy atom. The number of halogens is 1. The summed E-state index contributed by atoms with van der Waals surface area (Å²) < 4.78 is 37.2. The number of hydrogen-bond donors (Lipinski definition) is 3. The Balaban J connectivity index is 1.50. The van der Waals surface area contributed by atoms with Crippen LogP contribution in [0.3, 0.4) is 0 Å². The summed E-state index contributed by atoms with van der Waals surface area (Å²) in [4.78, 5) is 11.3. The van der Waals surface area contributed by atoms with Crippen LogP contribution in [0.1, 0.15) is 87.7 Å². The van der Waals surface area contributed by atoms with E-state index >= 15 is 0 Å². The summed E-state index contributed by atoms with van der Waals surface area (Å²) in [6.07, 6.45) is 7.16. The molecule has 3 heterocycles. The average Bonchev–Trinajstić information content (AvgIpc) is 2.90. The SMILES string of the molecule is Cc1cccc(C)c1C1CC2NC(N1)NS(=O)(=O)C1CCCC(C1)CN(Cc1cncc(Cl)n1)[C@H](CC(C)(C)C)CO2. The van der Waals surface area contributed by atoms with Crippen molar-refractivity contribution in [3.63, 3.8) is 0 Å². The standard InChI is InChI=1S/C31H47ClN6O3S/c1-20-8-6-9-21(2)29(20)26-13-28-36-30(35-26)37-42(39,40)25-11-7-10-22(12-25)17-38(18-23-15-33-16-27(32)34-23)24(19-41-28)14-31(3,4)5/h6,8-9,15-16,22,24-26,28,30,35-37H,7,10-14,17-19H2,1-5H3/t22?,24-,25?,26?,28?,30?/m1/s1. The maximum atomic E-state index is 13.8. The number of fused-ring (bicyclic) bond motifs is 4. The van der Waals surface area contributed by atoms with Gasteiger partial charge in [0, 0.05) is 37.8 Å². The molecule has 2 aromatic rings. The van der Waals surface area contributed by atoms with Gasteiger partial charge in [-0.25, -0.2) is 13.4 Å². The summed E-state index contributed by atoms with van der Waals surface area (Å²) in [5, 5.41) is 6.93. The molecule has 5 unspecified atom stereocenters. The molecular weight excluding hydrogens is 572 g/mol. The van der Waals surface area contributed by atoms with E-state index in [4.69, 9.17) is 16.3 Å². The Labute approximate surface area is 256 Å². The zero-order valence-corrected chi connectivity index (χ0v) is 27.1. The van der Waals surface area contributed by atoms with Crippen molar-refractivity contribution < 1.29 is 13.2 Å². The number of aryl methyl sites for hydroxylation is 2. The molecule has 1 aromatic carbocycles. The molecule has 2 aliphatic heterocycles. The largest absolute Gasteiger partial charge is 0.362 e. The fourth-order valence-corrected chi connectivity index (χ4v) is 8.89. The van der Waals surface area contributed by atoms with Gasteiger partial charge in [0.05, 0.1) is 23.7 Å². The summed E-state index contributed by atoms with van der Waals surface area (Å²) in [5.41, 5.74) is 4.43. The van der Waals surface area contributed by atoms with Crippen molar-refractivity contribution in [2.45, 2.75) is 110 Å². The Bertz CT molecular complexity index is 1320. The summed E-state index contributed by atoms with van der Waals surface area (Å²) >= 11 is 6.22. The Morgan fingerprint density at radius 3 is 2.57 bits per heavy atom. The second-order valence-corrected chi connectivity index (χ2v) is 16.1. The number of aromatic nitrogens is 2. The maximum Gasteiger partial charge on any atom is 0.216 e. The predicted molar refractivity (Wildman–Crippen MR) is 166 cm³/mol. The molecule has 42 heavy (non-hydrogen) atoms. The van der Waals surface area contributed by atoms with Gasteiger partial charge in [-0.1, -0.05) is 57.0 Å². The van der Waals surface area contributed by atoms with Gasteiger partial charge in [-0.3, -0.25) is 20.5 Å². The molecule has 6 atom stereocenters. The fourth-order valence-electron chi connectivity index (χ4n) is 7.06. The third-order valence-electron chi connectivity index (χ3n) is 8.88. The average molecular weight is 619 g/mol. The molecule has 2 saturated heterocycles. The van der Waals surface area contributed by atoms with Gasteiger partial charge in [0.1, 0.15) is 17.7 Å². The highest BCUT2D eigenvalue weighted by Crippen LogP contribution is 2.34. The van der Waals surface area contributed by atoms with E-state index in [1.54, 1.807) is 12.4 Å². The minimum Gasteiger partial charge on any atom is -0.362 e. The third kappa shape index (κ3) is 8.08. The number of sulfonamides is 1. The molecule has 11 heteroatoms. The molecule has 3 aliphatic rings. The number of benzene rings is 1. The number of rotatable bonds is 4. The van der Waals surface area contributed by atoms with E-state index in [1.165, 1.54) is 16.7 Å². The second kappa shape index (κ2) is 13.1. The van der Waals surface area contributed by atoms with E-state index in [0.29, 0.717) is 37.6 Å². The molecule has 232 valence electrons. The van der Waals surface area contributed by atoms with Gasteiger partial charge in [-0.05, 0) is 67.6 Å². The summed E-state index contributed by atoms with van der Waals surface area (Å²) in [6, 6.07) is 6.33. The molecule has 1 aliphatic carbocycles. The van der Waals surface area contributed by atoms with Crippen LogP contribution in [-0.4, -0.2) is 60.2 Å². The quantitative estimate of drug-likeness (QED) is 0.449. The van der Waals surface area contributed by atoms with Gasteiger partial charge < -0.3 is 4.74 Å². The normalized spacial score (nSPS) is 31.0. The fraction of sp³-hybridized carbons (Fsp3) is 0.677. The van der Waals surface area contributed by atoms with Crippen molar-refractivity contribution in [1.29, 1.82) is 0 Å². The van der Waals surface area contributed by atoms with Crippen LogP contribution in [0.2, 0.25) is 5.15 Å². The second-order valence-electron chi connectivity index (χ2n) is 13.7. The van der Waals surface area contributed by atoms with Crippen LogP contribution in [0.4, 0.5) is 0 Å². The molecule has 3 fully saturated rings. The number of ether oxygens (including phenoxy) is 1. The van der Waals surface area contributed by atoms with Crippen LogP contribution in [-0.2, 0) is 21.3 Å². The van der Waals surface area contributed by atoms with Crippen LogP contribution in [0.5, 0.6) is 0 Å². The molecule has 1 aromatic heterocycles. The number of nitrogens with zero attached hydrogens (tertiary/aromatic N) is 3. The van der Waals surface area contributed by atoms with Crippen molar-refractivity contribution in [3.05, 3.63) is 58.1 Å². The van der Waals surface area contributed by atoms with E-state index in [1.807, 2.05) is 0 Å². The van der Waals surface area contributed by atoms with Crippen LogP contribution in [0.25, 0.3) is 0 Å². The monoisotopic (exact) mass is 618 g/mol. The van der Waals surface area contributed by atoms with E-state index in [-0.39, 0.29) is 29.6 Å². The van der Waals surface area contributed by atoms with E-state index < -0.39 is 21.6 Å². The van der Waals surface area contributed by atoms with Crippen molar-refractivity contribution in [2.75, 3.05) is 13.2 Å². The molecule has 0 spiro atoms. The molecule has 4 bridgehead atoms. The van der Waals surface area contributed by atoms with Crippen LogP contribution < -0.4 is 15.4 Å². The Morgan fingerprint density at radius 2 is 1.86 bits per heavy atom. The molecule has 0 amide bonds. The Hall–Kier alpha value is -1.66. The number of hydrogen-bond acceptors (Lipinski definition) is 8. The molecule has 5 rings (SSSR count). The first-order chi connectivity index (χ1) is 19.9. The summed E-state index contributed by atoms with van der Waals surface area (Å²) in [6.45, 7) is 12.9. The zero-order valence-electron chi connectivity index (χ0n) is 25.6. The lowest BCUT2D eigenvalue weighted by Crippen LogP contribution is -2.64. The van der Waals surface area contributed by atoms with Gasteiger partial charge in [0.15, 0.2) is 0 Å². The topological polar surface area (TPSA) is 108 Å². The lowest BCUT2D eigenvalue weighted by molar-refractivity contribution is -0.0517. The van der Waals surface area contributed by atoms with E-state index in [2.05, 4.69) is 83.0 Å². The third-order valence-corrected chi connectivity index (χ3v) is 10.9. The molecule has 1 saturated carbocycles. The van der Waals surface area contributed by atoms with E-state index in [0.717, 1.165) is 31.5 Å². The van der Waals surface area contributed by atoms with Gasteiger partial charge in [-0.15, -0.1) is 0 Å². The van der Waals surface area contributed by atoms with Gasteiger partial charge in [-0.2, -0.15) is 4.72 Å². The summed E-state index contributed by atoms with van der Waals surface area (Å²) in [7, 11) is -3.58. The van der Waals surface area contributed by atoms with Gasteiger partial charge in [0.25, 0.3) is 0 Å². The van der Waals surface area contributed by atoms with Crippen molar-refractivity contribution in [2.24, 2.45) is 11.3 Å². The smallest absolute Gasteiger partial charge is 0.216 e. The highest BCUT2D eigenvalue weighted by atomic mass is 35.5. The highest BCUT2D eigenvalue weighted by Gasteiger charge is 2.39. The van der Waals surface area contributed by atoms with Crippen molar-refractivity contribution in [3.8, 4) is 0 Å². The molecule has 3 N–H and O–H groups in total. The van der Waals surface area contributed by atoms with Gasteiger partial charge >= 0.3 is 0 Å². The number of nitrogens with one attached hydrogen (secondary N) is 3. The molecule has 9 nitrogen and oxygen atoms in total. The minimum absolute atomic E-state index is 0.0606. The van der Waals surface area contributed by atoms with Crippen LogP contribution >= 0.6 is 11.6 Å². The van der Waals surface area contributed by atoms with Gasteiger partial charge in [0.2, 0.25) is 10.0 Å². The van der Waals surface area contributed by atoms with Crippen molar-refractivity contribution >= 4 is 21.6 Å². The Kier molecular flexibility index (Phi) is 9.93. The first-order valence-corrected chi connectivity index (χ1v) is 17.2. The van der Waals surface area contributed by atoms with E-state index in [9.17, 15) is 8.42 Å². The molecular formula is C31H47ClN6O3S. The lowest BCUT2D eigenvalue weighted by atomic mass is 9.85. The van der Waals surface area contributed by atoms with Crippen molar-refractivity contribution in [1.82, 2.24) is 30.2 Å². The maximum absolute atomic E-state index is 13.8. The molecule has 0 radical (unpaired) electrons. The van der Waals surface area contributed by atoms with Crippen LogP contribution in [0, 0.1) is 25.2 Å². The predicted octanol–water partition coefficient (Wildman–Crippen LogP) is 4.80. The minimum atomic E-state index is -3.58. The first kappa shape index (κ1) is 31.8. The first-order valence-electron chi connectivity index (χ1n) is 15.3. The highest BCUT2D eigenvalue weighted by molar-refractivity contribution is 7.90. The van der Waals surface area contributed by atoms with Crippen LogP contribution in [0.15, 0.2) is 30.6 Å². The lowest BCUT2D eigenvalue weighted by Gasteiger charge is -2.41.